The van der Waals surface area contributed by atoms with Crippen LogP contribution < -0.4 is 14.8 Å². The zero-order chi connectivity index (χ0) is 22.4. The van der Waals surface area contributed by atoms with E-state index in [1.165, 1.54) is 62.0 Å². The Balaban J connectivity index is 1.65. The van der Waals surface area contributed by atoms with E-state index < -0.39 is 26.7 Å². The van der Waals surface area contributed by atoms with Gasteiger partial charge in [0.15, 0.2) is 0 Å². The molecule has 2 N–H and O–H groups in total. The summed E-state index contributed by atoms with van der Waals surface area (Å²) in [5.41, 5.74) is 0.330. The molecule has 31 heavy (non-hydrogen) atoms. The highest BCUT2D eigenvalue weighted by molar-refractivity contribution is 7.92. The number of hydrogen-bond donors (Lipinski definition) is 2. The number of furan rings is 1. The molecule has 0 saturated carbocycles. The Morgan fingerprint density at radius 1 is 1.16 bits per heavy atom. The summed E-state index contributed by atoms with van der Waals surface area (Å²) >= 11 is 0. The number of hydrogen-bond acceptors (Lipinski definition) is 9. The molecule has 1 amide bonds. The number of sulfonamides is 1. The monoisotopic (exact) mass is 445 g/mol. The van der Waals surface area contributed by atoms with Crippen molar-refractivity contribution in [1.29, 1.82) is 0 Å². The van der Waals surface area contributed by atoms with Crippen molar-refractivity contribution in [2.75, 3.05) is 17.1 Å². The Kier molecular flexibility index (Phi) is 6.26. The first kappa shape index (κ1) is 21.4. The lowest BCUT2D eigenvalue weighted by Crippen LogP contribution is -2.15. The Hall–Kier alpha value is -4.26. The lowest BCUT2D eigenvalue weighted by atomic mass is 10.3. The molecule has 0 bridgehead atoms. The second-order valence-corrected chi connectivity index (χ2v) is 7.48. The second-order valence-electron chi connectivity index (χ2n) is 5.80. The summed E-state index contributed by atoms with van der Waals surface area (Å²) in [5, 5.41) is 13.1. The highest BCUT2D eigenvalue weighted by Gasteiger charge is 2.18. The smallest absolute Gasteiger partial charge is 0.433 e. The van der Waals surface area contributed by atoms with Crippen molar-refractivity contribution in [2.24, 2.45) is 0 Å². The number of methoxy groups -OCH3 is 1. The Bertz CT molecular complexity index is 1240. The van der Waals surface area contributed by atoms with Gasteiger partial charge < -0.3 is 14.5 Å². The highest BCUT2D eigenvalue weighted by atomic mass is 32.2. The van der Waals surface area contributed by atoms with E-state index in [1.54, 1.807) is 0 Å². The molecule has 0 radical (unpaired) electrons. The van der Waals surface area contributed by atoms with Crippen molar-refractivity contribution in [2.45, 2.75) is 4.90 Å². The van der Waals surface area contributed by atoms with Gasteiger partial charge in [-0.3, -0.25) is 19.6 Å². The molecule has 0 aliphatic carbocycles. The van der Waals surface area contributed by atoms with E-state index in [4.69, 9.17) is 9.15 Å². The zero-order valence-electron chi connectivity index (χ0n) is 15.9. The fourth-order valence-electron chi connectivity index (χ4n) is 2.32. The standard InChI is InChI=1S/C18H15N5O7S/c1-29-18-17(19-10-11-20-18)22-31(27,28)14-6-2-12(3-7-14)21-15(24)8-4-13-5-9-16(30-13)23(25)26/h2-11H,1H3,(H,19,22)(H,21,24)/b8-4+. The van der Waals surface area contributed by atoms with Crippen LogP contribution in [0.25, 0.3) is 6.08 Å². The number of anilines is 2. The molecule has 3 rings (SSSR count). The summed E-state index contributed by atoms with van der Waals surface area (Å²) in [6.45, 7) is 0. The van der Waals surface area contributed by atoms with E-state index in [-0.39, 0.29) is 22.4 Å². The van der Waals surface area contributed by atoms with Gasteiger partial charge in [-0.05, 0) is 36.4 Å². The van der Waals surface area contributed by atoms with Gasteiger partial charge >= 0.3 is 5.88 Å². The average molecular weight is 445 g/mol. The molecule has 0 aliphatic rings. The Morgan fingerprint density at radius 3 is 2.52 bits per heavy atom. The number of nitro groups is 1. The molecule has 2 heterocycles. The van der Waals surface area contributed by atoms with Crippen molar-refractivity contribution < 1.29 is 27.3 Å². The first-order chi connectivity index (χ1) is 14.8. The predicted molar refractivity (Wildman–Crippen MR) is 109 cm³/mol. The molecule has 12 nitrogen and oxygen atoms in total. The average Bonchev–Trinajstić information content (AvgIpc) is 3.22. The van der Waals surface area contributed by atoms with Crippen LogP contribution in [-0.2, 0) is 14.8 Å². The molecule has 0 spiro atoms. The van der Waals surface area contributed by atoms with Gasteiger partial charge in [-0.15, -0.1) is 0 Å². The molecule has 0 aliphatic heterocycles. The summed E-state index contributed by atoms with van der Waals surface area (Å²) in [6.07, 6.45) is 5.05. The molecule has 160 valence electrons. The van der Waals surface area contributed by atoms with Crippen LogP contribution in [0.3, 0.4) is 0 Å². The van der Waals surface area contributed by atoms with Gasteiger partial charge in [-0.1, -0.05) is 0 Å². The number of nitrogens with one attached hydrogen (secondary N) is 2. The Morgan fingerprint density at radius 2 is 1.87 bits per heavy atom. The van der Waals surface area contributed by atoms with E-state index >= 15 is 0 Å². The van der Waals surface area contributed by atoms with Crippen LogP contribution in [-0.4, -0.2) is 36.3 Å². The number of carbonyl (C=O) groups excluding carboxylic acids is 1. The normalized spacial score (nSPS) is 11.3. The summed E-state index contributed by atoms with van der Waals surface area (Å²) < 4.78 is 37.2. The third-order valence-electron chi connectivity index (χ3n) is 3.71. The maximum atomic E-state index is 12.5. The Labute approximate surface area is 175 Å². The molecule has 13 heteroatoms. The fourth-order valence-corrected chi connectivity index (χ4v) is 3.33. The first-order valence-electron chi connectivity index (χ1n) is 8.49. The number of aromatic nitrogens is 2. The van der Waals surface area contributed by atoms with E-state index in [2.05, 4.69) is 20.0 Å². The van der Waals surface area contributed by atoms with Crippen molar-refractivity contribution in [3.63, 3.8) is 0 Å². The van der Waals surface area contributed by atoms with E-state index in [9.17, 15) is 23.3 Å². The van der Waals surface area contributed by atoms with Gasteiger partial charge in [0.25, 0.3) is 15.9 Å². The molecular weight excluding hydrogens is 430 g/mol. The number of carbonyl (C=O) groups is 1. The van der Waals surface area contributed by atoms with Crippen LogP contribution in [0.5, 0.6) is 5.88 Å². The van der Waals surface area contributed by atoms with Crippen molar-refractivity contribution in [1.82, 2.24) is 9.97 Å². The van der Waals surface area contributed by atoms with Crippen molar-refractivity contribution in [3.8, 4) is 5.88 Å². The molecular formula is C18H15N5O7S. The molecule has 0 atom stereocenters. The molecule has 0 fully saturated rings. The minimum absolute atomic E-state index is 0.0173. The molecule has 2 aromatic heterocycles. The highest BCUT2D eigenvalue weighted by Crippen LogP contribution is 2.22. The van der Waals surface area contributed by atoms with Crippen molar-refractivity contribution in [3.05, 3.63) is 70.7 Å². The van der Waals surface area contributed by atoms with E-state index in [0.717, 1.165) is 6.08 Å². The van der Waals surface area contributed by atoms with Gasteiger partial charge in [-0.25, -0.2) is 18.4 Å². The first-order valence-corrected chi connectivity index (χ1v) is 9.98. The lowest BCUT2D eigenvalue weighted by Gasteiger charge is -2.10. The van der Waals surface area contributed by atoms with Crippen LogP contribution in [0.1, 0.15) is 5.76 Å². The summed E-state index contributed by atoms with van der Waals surface area (Å²) in [6, 6.07) is 7.89. The number of benzene rings is 1. The van der Waals surface area contributed by atoms with Crippen molar-refractivity contribution >= 4 is 39.4 Å². The molecule has 1 aromatic carbocycles. The zero-order valence-corrected chi connectivity index (χ0v) is 16.7. The SMILES string of the molecule is COc1nccnc1NS(=O)(=O)c1ccc(NC(=O)/C=C/c2ccc([N+](=O)[O-])o2)cc1. The second kappa shape index (κ2) is 9.04. The fraction of sp³-hybridized carbons (Fsp3) is 0.0556. The molecule has 0 saturated heterocycles. The molecule has 3 aromatic rings. The van der Waals surface area contributed by atoms with E-state index in [1.807, 2.05) is 0 Å². The maximum absolute atomic E-state index is 12.5. The largest absolute Gasteiger partial charge is 0.478 e. The predicted octanol–water partition coefficient (Wildman–Crippen LogP) is 2.44. The van der Waals surface area contributed by atoms with E-state index in [0.29, 0.717) is 5.69 Å². The van der Waals surface area contributed by atoms with Crippen LogP contribution in [0, 0.1) is 10.1 Å². The summed E-state index contributed by atoms with van der Waals surface area (Å²) in [5.74, 6) is -0.898. The van der Waals surface area contributed by atoms with Crippen LogP contribution in [0.4, 0.5) is 17.4 Å². The maximum Gasteiger partial charge on any atom is 0.433 e. The number of amides is 1. The quantitative estimate of drug-likeness (QED) is 0.301. The van der Waals surface area contributed by atoms with Crippen LogP contribution in [0.2, 0.25) is 0 Å². The minimum Gasteiger partial charge on any atom is -0.478 e. The lowest BCUT2D eigenvalue weighted by molar-refractivity contribution is -0.402. The van der Waals surface area contributed by atoms with Gasteiger partial charge in [0.1, 0.15) is 10.7 Å². The van der Waals surface area contributed by atoms with Gasteiger partial charge in [0.2, 0.25) is 11.7 Å². The number of nitrogens with zero attached hydrogens (tertiary/aromatic N) is 3. The third kappa shape index (κ3) is 5.42. The van der Waals surface area contributed by atoms with Gasteiger partial charge in [-0.2, -0.15) is 0 Å². The third-order valence-corrected chi connectivity index (χ3v) is 5.07. The summed E-state index contributed by atoms with van der Waals surface area (Å²) in [7, 11) is -2.63. The van der Waals surface area contributed by atoms with Gasteiger partial charge in [0.05, 0.1) is 18.1 Å². The van der Waals surface area contributed by atoms with Crippen LogP contribution >= 0.6 is 0 Å². The minimum atomic E-state index is -3.97. The van der Waals surface area contributed by atoms with Crippen LogP contribution in [0.15, 0.2) is 64.2 Å². The van der Waals surface area contributed by atoms with Gasteiger partial charge in [0, 0.05) is 24.2 Å². The number of rotatable bonds is 8. The number of ether oxygens (including phenoxy) is 1. The molecule has 0 unspecified atom stereocenters. The summed E-state index contributed by atoms with van der Waals surface area (Å²) in [4.78, 5) is 29.5. The topological polar surface area (TPSA) is 167 Å².